The molecule has 0 bridgehead atoms. The molecule has 0 aromatic heterocycles. The molecule has 0 radical (unpaired) electrons. The smallest absolute Gasteiger partial charge is 0.236 e. The maximum absolute atomic E-state index is 12.2. The summed E-state index contributed by atoms with van der Waals surface area (Å²) in [4.78, 5) is 0. The van der Waals surface area contributed by atoms with E-state index in [9.17, 15) is 8.42 Å². The molecule has 0 atom stereocenters. The van der Waals surface area contributed by atoms with E-state index in [0.717, 1.165) is 5.56 Å². The first-order valence-corrected chi connectivity index (χ1v) is 8.93. The molecule has 0 saturated heterocycles. The van der Waals surface area contributed by atoms with Gasteiger partial charge in [0.05, 0.1) is 0 Å². The van der Waals surface area contributed by atoms with Crippen molar-refractivity contribution in [1.29, 1.82) is 0 Å². The first-order chi connectivity index (χ1) is 11.0. The molecule has 23 heavy (non-hydrogen) atoms. The number of hydrogen-bond acceptors (Lipinski definition) is 3. The molecule has 2 rings (SSSR count). The standard InChI is InChI=1S/C17H18ClNO3S/c1-19(12-13-22-17-9-7-16(18)8-10-17)23(20,21)14-11-15-5-3-2-4-6-15/h2-11,14H,12-13H2,1H3/b14-11+. The second-order valence-corrected chi connectivity index (χ2v) is 7.24. The molecule has 122 valence electrons. The highest BCUT2D eigenvalue weighted by molar-refractivity contribution is 7.92. The van der Waals surface area contributed by atoms with Gasteiger partial charge in [0, 0.05) is 24.0 Å². The summed E-state index contributed by atoms with van der Waals surface area (Å²) in [6.07, 6.45) is 1.58. The van der Waals surface area contributed by atoms with Crippen LogP contribution >= 0.6 is 11.6 Å². The van der Waals surface area contributed by atoms with Gasteiger partial charge < -0.3 is 4.74 Å². The Hall–Kier alpha value is -1.82. The van der Waals surface area contributed by atoms with E-state index in [1.807, 2.05) is 30.3 Å². The van der Waals surface area contributed by atoms with Crippen LogP contribution in [0.15, 0.2) is 60.0 Å². The molecule has 2 aromatic rings. The lowest BCUT2D eigenvalue weighted by Crippen LogP contribution is -2.29. The van der Waals surface area contributed by atoms with E-state index in [0.29, 0.717) is 10.8 Å². The summed E-state index contributed by atoms with van der Waals surface area (Å²) in [6.45, 7) is 0.515. The van der Waals surface area contributed by atoms with Crippen LogP contribution in [0, 0.1) is 0 Å². The molecule has 4 nitrogen and oxygen atoms in total. The van der Waals surface area contributed by atoms with Crippen molar-refractivity contribution in [2.75, 3.05) is 20.2 Å². The molecule has 6 heteroatoms. The van der Waals surface area contributed by atoms with Crippen LogP contribution in [0.3, 0.4) is 0 Å². The summed E-state index contributed by atoms with van der Waals surface area (Å²) in [5.74, 6) is 0.653. The van der Waals surface area contributed by atoms with E-state index in [-0.39, 0.29) is 13.2 Å². The van der Waals surface area contributed by atoms with Crippen molar-refractivity contribution in [2.45, 2.75) is 0 Å². The van der Waals surface area contributed by atoms with Crippen LogP contribution in [0.25, 0.3) is 6.08 Å². The van der Waals surface area contributed by atoms with Gasteiger partial charge in [-0.2, -0.15) is 4.31 Å². The lowest BCUT2D eigenvalue weighted by molar-refractivity contribution is 0.288. The zero-order chi connectivity index (χ0) is 16.7. The second kappa shape index (κ2) is 8.15. The number of ether oxygens (including phenoxy) is 1. The van der Waals surface area contributed by atoms with Crippen molar-refractivity contribution < 1.29 is 13.2 Å². The third kappa shape index (κ3) is 5.71. The van der Waals surface area contributed by atoms with E-state index in [1.54, 1.807) is 30.3 Å². The van der Waals surface area contributed by atoms with E-state index in [4.69, 9.17) is 16.3 Å². The number of hydrogen-bond donors (Lipinski definition) is 0. The molecule has 0 unspecified atom stereocenters. The van der Waals surface area contributed by atoms with Crippen molar-refractivity contribution in [2.24, 2.45) is 0 Å². The van der Waals surface area contributed by atoms with Gasteiger partial charge in [-0.05, 0) is 35.9 Å². The highest BCUT2D eigenvalue weighted by Gasteiger charge is 2.13. The average molecular weight is 352 g/mol. The number of rotatable bonds is 7. The second-order valence-electron chi connectivity index (χ2n) is 4.88. The van der Waals surface area contributed by atoms with Crippen LogP contribution in [0.1, 0.15) is 5.56 Å². The fraction of sp³-hybridized carbons (Fsp3) is 0.176. The minimum atomic E-state index is -3.47. The van der Waals surface area contributed by atoms with Gasteiger partial charge >= 0.3 is 0 Å². The molecule has 0 aliphatic rings. The summed E-state index contributed by atoms with van der Waals surface area (Å²) in [7, 11) is -1.94. The van der Waals surface area contributed by atoms with Crippen molar-refractivity contribution >= 4 is 27.7 Å². The summed E-state index contributed by atoms with van der Waals surface area (Å²) in [6, 6.07) is 16.2. The maximum atomic E-state index is 12.2. The fourth-order valence-corrected chi connectivity index (χ4v) is 2.77. The molecule has 0 fully saturated rings. The van der Waals surface area contributed by atoms with Gasteiger partial charge in [0.1, 0.15) is 12.4 Å². The predicted octanol–water partition coefficient (Wildman–Crippen LogP) is 3.65. The molecule has 0 amide bonds. The predicted molar refractivity (Wildman–Crippen MR) is 94.0 cm³/mol. The van der Waals surface area contributed by atoms with E-state index >= 15 is 0 Å². The molecule has 0 saturated carbocycles. The number of benzene rings is 2. The van der Waals surface area contributed by atoms with Gasteiger partial charge in [-0.15, -0.1) is 0 Å². The lowest BCUT2D eigenvalue weighted by Gasteiger charge is -2.15. The van der Waals surface area contributed by atoms with Crippen molar-refractivity contribution in [3.05, 3.63) is 70.6 Å². The van der Waals surface area contributed by atoms with Gasteiger partial charge in [-0.1, -0.05) is 41.9 Å². The van der Waals surface area contributed by atoms with Gasteiger partial charge in [-0.25, -0.2) is 8.42 Å². The first-order valence-electron chi connectivity index (χ1n) is 7.05. The highest BCUT2D eigenvalue weighted by atomic mass is 35.5. The van der Waals surface area contributed by atoms with Gasteiger partial charge in [-0.3, -0.25) is 0 Å². The molecule has 0 N–H and O–H groups in total. The fourth-order valence-electron chi connectivity index (χ4n) is 1.78. The summed E-state index contributed by atoms with van der Waals surface area (Å²) >= 11 is 5.79. The quantitative estimate of drug-likeness (QED) is 0.765. The minimum Gasteiger partial charge on any atom is -0.492 e. The van der Waals surface area contributed by atoms with E-state index < -0.39 is 10.0 Å². The third-order valence-electron chi connectivity index (χ3n) is 3.16. The molecule has 0 heterocycles. The Morgan fingerprint density at radius 3 is 2.39 bits per heavy atom. The highest BCUT2D eigenvalue weighted by Crippen LogP contribution is 2.15. The van der Waals surface area contributed by atoms with Crippen LogP contribution in [0.5, 0.6) is 5.75 Å². The average Bonchev–Trinajstić information content (AvgIpc) is 2.56. The van der Waals surface area contributed by atoms with Crippen LogP contribution < -0.4 is 4.74 Å². The number of nitrogens with zero attached hydrogens (tertiary/aromatic N) is 1. The largest absolute Gasteiger partial charge is 0.492 e. The Labute approximate surface area is 142 Å². The zero-order valence-electron chi connectivity index (χ0n) is 12.7. The Bertz CT molecular complexity index is 743. The summed E-state index contributed by atoms with van der Waals surface area (Å²) in [5.41, 5.74) is 0.835. The molecule has 0 aliphatic carbocycles. The minimum absolute atomic E-state index is 0.254. The number of likely N-dealkylation sites (N-methyl/N-ethyl adjacent to an activating group) is 1. The molecule has 2 aromatic carbocycles. The van der Waals surface area contributed by atoms with Gasteiger partial charge in [0.25, 0.3) is 0 Å². The van der Waals surface area contributed by atoms with Crippen LogP contribution in [0.2, 0.25) is 5.02 Å². The van der Waals surface area contributed by atoms with Crippen LogP contribution in [-0.4, -0.2) is 32.9 Å². The molecular weight excluding hydrogens is 334 g/mol. The van der Waals surface area contributed by atoms with Gasteiger partial charge in [0.2, 0.25) is 10.0 Å². The summed E-state index contributed by atoms with van der Waals surface area (Å²) in [5, 5.41) is 1.83. The Balaban J connectivity index is 1.87. The molecule has 0 spiro atoms. The number of sulfonamides is 1. The number of halogens is 1. The molecule has 0 aliphatic heterocycles. The van der Waals surface area contributed by atoms with Crippen LogP contribution in [-0.2, 0) is 10.0 Å². The molecular formula is C17H18ClNO3S. The van der Waals surface area contributed by atoms with Crippen molar-refractivity contribution in [3.8, 4) is 5.75 Å². The Morgan fingerprint density at radius 2 is 1.74 bits per heavy atom. The van der Waals surface area contributed by atoms with Gasteiger partial charge in [0.15, 0.2) is 0 Å². The SMILES string of the molecule is CN(CCOc1ccc(Cl)cc1)S(=O)(=O)/C=C/c1ccccc1. The third-order valence-corrected chi connectivity index (χ3v) is 4.94. The zero-order valence-corrected chi connectivity index (χ0v) is 14.3. The normalized spacial score (nSPS) is 12.0. The Morgan fingerprint density at radius 1 is 1.09 bits per heavy atom. The van der Waals surface area contributed by atoms with Crippen LogP contribution in [0.4, 0.5) is 0 Å². The van der Waals surface area contributed by atoms with E-state index in [1.165, 1.54) is 16.8 Å². The van der Waals surface area contributed by atoms with Crippen molar-refractivity contribution in [1.82, 2.24) is 4.31 Å². The summed E-state index contributed by atoms with van der Waals surface area (Å²) < 4.78 is 31.1. The lowest BCUT2D eigenvalue weighted by atomic mass is 10.2. The monoisotopic (exact) mass is 351 g/mol. The Kier molecular flexibility index (Phi) is 6.21. The maximum Gasteiger partial charge on any atom is 0.236 e. The first kappa shape index (κ1) is 17.5. The van der Waals surface area contributed by atoms with E-state index in [2.05, 4.69) is 0 Å². The van der Waals surface area contributed by atoms with Crippen molar-refractivity contribution in [3.63, 3.8) is 0 Å². The topological polar surface area (TPSA) is 46.6 Å².